The molecule has 1 aliphatic heterocycles. The van der Waals surface area contributed by atoms with Gasteiger partial charge in [0.2, 0.25) is 0 Å². The van der Waals surface area contributed by atoms with E-state index in [9.17, 15) is 4.79 Å². The number of rotatable bonds is 4. The van der Waals surface area contributed by atoms with Crippen LogP contribution in [-0.4, -0.2) is 49.3 Å². The van der Waals surface area contributed by atoms with Gasteiger partial charge in [0.15, 0.2) is 0 Å². The zero-order chi connectivity index (χ0) is 13.7. The molecule has 1 saturated heterocycles. The number of esters is 1. The van der Waals surface area contributed by atoms with Crippen molar-refractivity contribution in [3.63, 3.8) is 0 Å². The molecule has 0 radical (unpaired) electrons. The quantitative estimate of drug-likeness (QED) is 0.771. The summed E-state index contributed by atoms with van der Waals surface area (Å²) in [5.41, 5.74) is 1.47. The molecular weight excluding hydrogens is 244 g/mol. The van der Waals surface area contributed by atoms with Crippen molar-refractivity contribution in [1.82, 2.24) is 9.88 Å². The largest absolute Gasteiger partial charge is 0.465 e. The van der Waals surface area contributed by atoms with E-state index in [1.807, 2.05) is 6.07 Å². The van der Waals surface area contributed by atoms with Gasteiger partial charge >= 0.3 is 5.97 Å². The van der Waals surface area contributed by atoms with Crippen LogP contribution in [0.5, 0.6) is 0 Å². The van der Waals surface area contributed by atoms with Crippen LogP contribution in [0, 0.1) is 0 Å². The van der Waals surface area contributed by atoms with E-state index in [-0.39, 0.29) is 5.97 Å². The van der Waals surface area contributed by atoms with E-state index >= 15 is 0 Å². The number of likely N-dealkylation sites (tertiary alicyclic amines) is 1. The maximum absolute atomic E-state index is 11.3. The molecule has 1 aliphatic rings. The summed E-state index contributed by atoms with van der Waals surface area (Å²) in [6.45, 7) is 2.87. The Morgan fingerprint density at radius 1 is 1.37 bits per heavy atom. The molecule has 0 bridgehead atoms. The van der Waals surface area contributed by atoms with Crippen molar-refractivity contribution in [3.05, 3.63) is 29.6 Å². The predicted molar refractivity (Wildman–Crippen MR) is 70.9 cm³/mol. The molecule has 2 rings (SSSR count). The van der Waals surface area contributed by atoms with Crippen molar-refractivity contribution in [3.8, 4) is 0 Å². The number of pyridine rings is 1. The van der Waals surface area contributed by atoms with E-state index in [2.05, 4.69) is 14.6 Å². The minimum absolute atomic E-state index is 0.347. The van der Waals surface area contributed by atoms with Crippen molar-refractivity contribution < 1.29 is 14.3 Å². The molecule has 5 nitrogen and oxygen atoms in total. The van der Waals surface area contributed by atoms with Gasteiger partial charge in [0, 0.05) is 32.9 Å². The van der Waals surface area contributed by atoms with Gasteiger partial charge in [-0.2, -0.15) is 0 Å². The van der Waals surface area contributed by atoms with Crippen LogP contribution in [0.2, 0.25) is 0 Å². The summed E-state index contributed by atoms with van der Waals surface area (Å²) in [7, 11) is 3.14. The Bertz CT molecular complexity index is 411. The Labute approximate surface area is 113 Å². The first kappa shape index (κ1) is 14.0. The van der Waals surface area contributed by atoms with E-state index in [0.717, 1.165) is 38.2 Å². The third kappa shape index (κ3) is 3.75. The van der Waals surface area contributed by atoms with Crippen LogP contribution in [0.4, 0.5) is 0 Å². The van der Waals surface area contributed by atoms with Gasteiger partial charge in [0.25, 0.3) is 0 Å². The van der Waals surface area contributed by atoms with Crippen molar-refractivity contribution in [2.45, 2.75) is 25.5 Å². The average Bonchev–Trinajstić information content (AvgIpc) is 2.48. The maximum atomic E-state index is 11.3. The summed E-state index contributed by atoms with van der Waals surface area (Å²) in [5, 5.41) is 0. The van der Waals surface area contributed by atoms with Crippen LogP contribution in [0.3, 0.4) is 0 Å². The van der Waals surface area contributed by atoms with Crippen molar-refractivity contribution in [2.75, 3.05) is 27.3 Å². The molecule has 0 amide bonds. The van der Waals surface area contributed by atoms with Crippen LogP contribution < -0.4 is 0 Å². The zero-order valence-corrected chi connectivity index (χ0v) is 11.5. The average molecular weight is 264 g/mol. The molecule has 0 aromatic carbocycles. The first-order valence-corrected chi connectivity index (χ1v) is 6.51. The van der Waals surface area contributed by atoms with Crippen LogP contribution in [0.1, 0.15) is 28.9 Å². The number of piperidine rings is 1. The zero-order valence-electron chi connectivity index (χ0n) is 11.5. The van der Waals surface area contributed by atoms with Gasteiger partial charge in [0.05, 0.1) is 24.5 Å². The standard InChI is InChI=1S/C14H20N2O3/c1-18-13-5-7-16(8-6-13)10-12-4-3-11(9-15-12)14(17)19-2/h3-4,9,13H,5-8,10H2,1-2H3. The van der Waals surface area contributed by atoms with Gasteiger partial charge in [-0.1, -0.05) is 0 Å². The number of hydrogen-bond acceptors (Lipinski definition) is 5. The number of aromatic nitrogens is 1. The molecule has 0 saturated carbocycles. The van der Waals surface area contributed by atoms with Crippen LogP contribution in [0.15, 0.2) is 18.3 Å². The topological polar surface area (TPSA) is 51.7 Å². The highest BCUT2D eigenvalue weighted by molar-refractivity contribution is 5.88. The van der Waals surface area contributed by atoms with Crippen molar-refractivity contribution in [1.29, 1.82) is 0 Å². The summed E-state index contributed by atoms with van der Waals surface area (Å²) < 4.78 is 10.00. The van der Waals surface area contributed by atoms with Crippen LogP contribution in [0.25, 0.3) is 0 Å². The van der Waals surface area contributed by atoms with E-state index in [1.54, 1.807) is 19.4 Å². The molecule has 1 aromatic heterocycles. The second kappa shape index (κ2) is 6.63. The molecule has 19 heavy (non-hydrogen) atoms. The maximum Gasteiger partial charge on any atom is 0.339 e. The number of hydrogen-bond donors (Lipinski definition) is 0. The first-order chi connectivity index (χ1) is 9.22. The van der Waals surface area contributed by atoms with Gasteiger partial charge < -0.3 is 9.47 Å². The lowest BCUT2D eigenvalue weighted by Crippen LogP contribution is -2.36. The van der Waals surface area contributed by atoms with Crippen LogP contribution in [-0.2, 0) is 16.0 Å². The number of carbonyl (C=O) groups excluding carboxylic acids is 1. The Morgan fingerprint density at radius 3 is 2.63 bits per heavy atom. The van der Waals surface area contributed by atoms with Crippen LogP contribution >= 0.6 is 0 Å². The molecule has 0 atom stereocenters. The van der Waals surface area contributed by atoms with Crippen molar-refractivity contribution in [2.24, 2.45) is 0 Å². The van der Waals surface area contributed by atoms with E-state index in [1.165, 1.54) is 7.11 Å². The molecule has 0 spiro atoms. The lowest BCUT2D eigenvalue weighted by molar-refractivity contribution is 0.0385. The monoisotopic (exact) mass is 264 g/mol. The first-order valence-electron chi connectivity index (χ1n) is 6.51. The number of ether oxygens (including phenoxy) is 2. The Kier molecular flexibility index (Phi) is 4.87. The summed E-state index contributed by atoms with van der Waals surface area (Å²) >= 11 is 0. The fourth-order valence-corrected chi connectivity index (χ4v) is 2.29. The number of nitrogens with zero attached hydrogens (tertiary/aromatic N) is 2. The normalized spacial score (nSPS) is 17.4. The molecular formula is C14H20N2O3. The van der Waals surface area contributed by atoms with Gasteiger partial charge in [0.1, 0.15) is 0 Å². The second-order valence-corrected chi connectivity index (χ2v) is 4.74. The highest BCUT2D eigenvalue weighted by Crippen LogP contribution is 2.15. The Balaban J connectivity index is 1.88. The minimum atomic E-state index is -0.347. The lowest BCUT2D eigenvalue weighted by atomic mass is 10.1. The van der Waals surface area contributed by atoms with E-state index in [4.69, 9.17) is 4.74 Å². The number of carbonyl (C=O) groups is 1. The smallest absolute Gasteiger partial charge is 0.339 e. The molecule has 2 heterocycles. The molecule has 1 aromatic rings. The van der Waals surface area contributed by atoms with Gasteiger partial charge in [-0.25, -0.2) is 4.79 Å². The Morgan fingerprint density at radius 2 is 2.11 bits per heavy atom. The molecule has 1 fully saturated rings. The molecule has 0 aliphatic carbocycles. The minimum Gasteiger partial charge on any atom is -0.465 e. The fourth-order valence-electron chi connectivity index (χ4n) is 2.29. The third-order valence-corrected chi connectivity index (χ3v) is 3.50. The van der Waals surface area contributed by atoms with Gasteiger partial charge in [-0.15, -0.1) is 0 Å². The highest BCUT2D eigenvalue weighted by Gasteiger charge is 2.18. The van der Waals surface area contributed by atoms with E-state index in [0.29, 0.717) is 11.7 Å². The Hall–Kier alpha value is -1.46. The van der Waals surface area contributed by atoms with Crippen molar-refractivity contribution >= 4 is 5.97 Å². The predicted octanol–water partition coefficient (Wildman–Crippen LogP) is 1.48. The second-order valence-electron chi connectivity index (χ2n) is 4.74. The van der Waals surface area contributed by atoms with E-state index < -0.39 is 0 Å². The lowest BCUT2D eigenvalue weighted by Gasteiger charge is -2.30. The SMILES string of the molecule is COC(=O)c1ccc(CN2CCC(OC)CC2)nc1. The fraction of sp³-hybridized carbons (Fsp3) is 0.571. The van der Waals surface area contributed by atoms with Gasteiger partial charge in [-0.3, -0.25) is 9.88 Å². The highest BCUT2D eigenvalue weighted by atomic mass is 16.5. The summed E-state index contributed by atoms with van der Waals surface area (Å²) in [5.74, 6) is -0.347. The van der Waals surface area contributed by atoms with Gasteiger partial charge in [-0.05, 0) is 25.0 Å². The summed E-state index contributed by atoms with van der Waals surface area (Å²) in [4.78, 5) is 18.0. The summed E-state index contributed by atoms with van der Waals surface area (Å²) in [6.07, 6.45) is 4.10. The molecule has 104 valence electrons. The molecule has 0 unspecified atom stereocenters. The molecule has 0 N–H and O–H groups in total. The third-order valence-electron chi connectivity index (χ3n) is 3.50. The molecule has 5 heteroatoms. The summed E-state index contributed by atoms with van der Waals surface area (Å²) in [6, 6.07) is 3.64. The number of methoxy groups -OCH3 is 2.